The van der Waals surface area contributed by atoms with Crippen molar-refractivity contribution in [1.82, 2.24) is 0 Å². The number of hydrogen-bond acceptors (Lipinski definition) is 3. The van der Waals surface area contributed by atoms with Crippen LogP contribution in [0.15, 0.2) is 54.6 Å². The van der Waals surface area contributed by atoms with E-state index in [9.17, 15) is 9.18 Å². The Bertz CT molecular complexity index is 605. The van der Waals surface area contributed by atoms with Crippen LogP contribution in [0.3, 0.4) is 0 Å². The Balaban J connectivity index is 1.80. The molecule has 0 spiro atoms. The van der Waals surface area contributed by atoms with Gasteiger partial charge in [0.25, 0.3) is 0 Å². The van der Waals surface area contributed by atoms with Gasteiger partial charge >= 0.3 is 6.09 Å². The number of anilines is 2. The van der Waals surface area contributed by atoms with Gasteiger partial charge in [-0.2, -0.15) is 0 Å². The number of rotatable bonds is 6. The molecule has 5 heteroatoms. The van der Waals surface area contributed by atoms with Gasteiger partial charge in [0, 0.05) is 12.2 Å². The van der Waals surface area contributed by atoms with E-state index in [1.807, 2.05) is 37.3 Å². The lowest BCUT2D eigenvalue weighted by Crippen LogP contribution is -2.28. The molecule has 0 saturated carbocycles. The van der Waals surface area contributed by atoms with Crippen LogP contribution in [-0.4, -0.2) is 25.8 Å². The summed E-state index contributed by atoms with van der Waals surface area (Å²) in [6, 6.07) is 15.9. The first-order valence-corrected chi connectivity index (χ1v) is 7.19. The molecule has 0 fully saturated rings. The van der Waals surface area contributed by atoms with Gasteiger partial charge in [0.05, 0.1) is 12.2 Å². The van der Waals surface area contributed by atoms with Crippen molar-refractivity contribution < 1.29 is 13.9 Å². The molecule has 1 amide bonds. The molecule has 0 heterocycles. The third-order valence-corrected chi connectivity index (χ3v) is 3.21. The minimum atomic E-state index is -0.658. The van der Waals surface area contributed by atoms with Crippen LogP contribution in [-0.2, 0) is 4.74 Å². The van der Waals surface area contributed by atoms with Gasteiger partial charge in [-0.1, -0.05) is 30.3 Å². The molecule has 0 atom stereocenters. The average Bonchev–Trinajstić information content (AvgIpc) is 2.54. The molecule has 0 radical (unpaired) electrons. The van der Waals surface area contributed by atoms with Crippen LogP contribution < -0.4 is 10.2 Å². The van der Waals surface area contributed by atoms with Crippen molar-refractivity contribution in [3.8, 4) is 0 Å². The summed E-state index contributed by atoms with van der Waals surface area (Å²) >= 11 is 0. The van der Waals surface area contributed by atoms with E-state index < -0.39 is 11.9 Å². The summed E-state index contributed by atoms with van der Waals surface area (Å²) in [5, 5.41) is 2.39. The van der Waals surface area contributed by atoms with E-state index in [0.29, 0.717) is 6.54 Å². The Morgan fingerprint density at radius 1 is 1.14 bits per heavy atom. The molecule has 1 N–H and O–H groups in total. The summed E-state index contributed by atoms with van der Waals surface area (Å²) in [6.45, 7) is 3.64. The highest BCUT2D eigenvalue weighted by atomic mass is 19.1. The minimum Gasteiger partial charge on any atom is -0.447 e. The number of likely N-dealkylation sites (N-methyl/N-ethyl adjacent to an activating group) is 1. The molecule has 116 valence electrons. The van der Waals surface area contributed by atoms with Crippen molar-refractivity contribution in [2.24, 2.45) is 0 Å². The fourth-order valence-corrected chi connectivity index (χ4v) is 2.07. The van der Waals surface area contributed by atoms with E-state index in [2.05, 4.69) is 10.2 Å². The lowest BCUT2D eigenvalue weighted by molar-refractivity contribution is 0.164. The van der Waals surface area contributed by atoms with Crippen LogP contribution in [0.1, 0.15) is 6.92 Å². The highest BCUT2D eigenvalue weighted by Crippen LogP contribution is 2.13. The Hall–Kier alpha value is -2.56. The van der Waals surface area contributed by atoms with Gasteiger partial charge in [0.15, 0.2) is 0 Å². The Morgan fingerprint density at radius 3 is 2.50 bits per heavy atom. The van der Waals surface area contributed by atoms with Crippen LogP contribution in [0, 0.1) is 5.82 Å². The van der Waals surface area contributed by atoms with Crippen LogP contribution in [0.2, 0.25) is 0 Å². The number of carbonyl (C=O) groups excluding carboxylic acids is 1. The number of nitrogens with one attached hydrogen (secondary N) is 1. The van der Waals surface area contributed by atoms with Crippen molar-refractivity contribution in [3.05, 3.63) is 60.4 Å². The quantitative estimate of drug-likeness (QED) is 0.880. The summed E-state index contributed by atoms with van der Waals surface area (Å²) in [7, 11) is 0. The highest BCUT2D eigenvalue weighted by molar-refractivity contribution is 5.84. The van der Waals surface area contributed by atoms with Gasteiger partial charge in [-0.3, -0.25) is 5.32 Å². The molecular formula is C17H19FN2O2. The zero-order chi connectivity index (χ0) is 15.8. The second-order valence-electron chi connectivity index (χ2n) is 4.66. The van der Waals surface area contributed by atoms with Crippen molar-refractivity contribution in [2.45, 2.75) is 6.92 Å². The number of nitrogens with zero attached hydrogens (tertiary/aromatic N) is 1. The van der Waals surface area contributed by atoms with E-state index in [1.54, 1.807) is 12.1 Å². The number of amides is 1. The van der Waals surface area contributed by atoms with Gasteiger partial charge in [-0.25, -0.2) is 9.18 Å². The topological polar surface area (TPSA) is 41.6 Å². The average molecular weight is 302 g/mol. The second kappa shape index (κ2) is 8.02. The number of benzene rings is 2. The molecule has 0 unspecified atom stereocenters. The third kappa shape index (κ3) is 4.48. The van der Waals surface area contributed by atoms with E-state index in [1.165, 1.54) is 12.1 Å². The predicted molar refractivity (Wildman–Crippen MR) is 85.7 cm³/mol. The van der Waals surface area contributed by atoms with Gasteiger partial charge in [0.1, 0.15) is 12.4 Å². The standard InChI is InChI=1S/C17H19FN2O2/c1-2-20(14-8-4-3-5-9-14)12-13-22-17(21)19-16-11-7-6-10-15(16)18/h3-11H,2,12-13H2,1H3,(H,19,21). The van der Waals surface area contributed by atoms with Crippen LogP contribution in [0.25, 0.3) is 0 Å². The van der Waals surface area contributed by atoms with Crippen molar-refractivity contribution in [1.29, 1.82) is 0 Å². The minimum absolute atomic E-state index is 0.114. The molecule has 0 bridgehead atoms. The summed E-state index contributed by atoms with van der Waals surface area (Å²) in [5.41, 5.74) is 1.19. The maximum atomic E-state index is 13.4. The van der Waals surface area contributed by atoms with E-state index in [-0.39, 0.29) is 12.3 Å². The van der Waals surface area contributed by atoms with Crippen molar-refractivity contribution >= 4 is 17.5 Å². The molecule has 4 nitrogen and oxygen atoms in total. The first-order valence-electron chi connectivity index (χ1n) is 7.19. The second-order valence-corrected chi connectivity index (χ2v) is 4.66. The Morgan fingerprint density at radius 2 is 1.82 bits per heavy atom. The molecule has 0 saturated heterocycles. The fourth-order valence-electron chi connectivity index (χ4n) is 2.07. The molecule has 0 aliphatic rings. The lowest BCUT2D eigenvalue weighted by Gasteiger charge is -2.22. The summed E-state index contributed by atoms with van der Waals surface area (Å²) in [6.07, 6.45) is -0.658. The smallest absolute Gasteiger partial charge is 0.411 e. The van der Waals surface area contributed by atoms with E-state index in [4.69, 9.17) is 4.74 Å². The zero-order valence-corrected chi connectivity index (χ0v) is 12.5. The van der Waals surface area contributed by atoms with Crippen LogP contribution in [0.4, 0.5) is 20.6 Å². The van der Waals surface area contributed by atoms with Crippen molar-refractivity contribution in [3.63, 3.8) is 0 Å². The van der Waals surface area contributed by atoms with E-state index >= 15 is 0 Å². The van der Waals surface area contributed by atoms with E-state index in [0.717, 1.165) is 12.2 Å². The predicted octanol–water partition coefficient (Wildman–Crippen LogP) is 3.90. The zero-order valence-electron chi connectivity index (χ0n) is 12.5. The van der Waals surface area contributed by atoms with Crippen molar-refractivity contribution in [2.75, 3.05) is 29.9 Å². The third-order valence-electron chi connectivity index (χ3n) is 3.21. The number of ether oxygens (including phenoxy) is 1. The summed E-state index contributed by atoms with van der Waals surface area (Å²) < 4.78 is 18.5. The van der Waals surface area contributed by atoms with Crippen LogP contribution >= 0.6 is 0 Å². The van der Waals surface area contributed by atoms with Gasteiger partial charge in [-0.15, -0.1) is 0 Å². The first kappa shape index (κ1) is 15.8. The number of para-hydroxylation sites is 2. The van der Waals surface area contributed by atoms with Gasteiger partial charge < -0.3 is 9.64 Å². The largest absolute Gasteiger partial charge is 0.447 e. The maximum Gasteiger partial charge on any atom is 0.411 e. The molecule has 0 aromatic heterocycles. The summed E-state index contributed by atoms with van der Waals surface area (Å²) in [4.78, 5) is 13.7. The molecule has 0 aliphatic carbocycles. The normalized spacial score (nSPS) is 10.1. The van der Waals surface area contributed by atoms with Gasteiger partial charge in [0.2, 0.25) is 0 Å². The lowest BCUT2D eigenvalue weighted by atomic mass is 10.3. The molecule has 2 rings (SSSR count). The Kier molecular flexibility index (Phi) is 5.77. The molecule has 2 aromatic carbocycles. The molecule has 0 aliphatic heterocycles. The molecule has 2 aromatic rings. The fraction of sp³-hybridized carbons (Fsp3) is 0.235. The molecule has 22 heavy (non-hydrogen) atoms. The summed E-state index contributed by atoms with van der Waals surface area (Å²) in [5.74, 6) is -0.487. The highest BCUT2D eigenvalue weighted by Gasteiger charge is 2.08. The molecular weight excluding hydrogens is 283 g/mol. The maximum absolute atomic E-state index is 13.4. The monoisotopic (exact) mass is 302 g/mol. The Labute approximate surface area is 129 Å². The number of halogens is 1. The van der Waals surface area contributed by atoms with Crippen LogP contribution in [0.5, 0.6) is 0 Å². The first-order chi connectivity index (χ1) is 10.7. The SMILES string of the molecule is CCN(CCOC(=O)Nc1ccccc1F)c1ccccc1. The number of carbonyl (C=O) groups is 1. The number of hydrogen-bond donors (Lipinski definition) is 1. The van der Waals surface area contributed by atoms with Gasteiger partial charge in [-0.05, 0) is 31.2 Å².